The van der Waals surface area contributed by atoms with Crippen LogP contribution < -0.4 is 0 Å². The summed E-state index contributed by atoms with van der Waals surface area (Å²) >= 11 is 0. The summed E-state index contributed by atoms with van der Waals surface area (Å²) in [5.41, 5.74) is 0. The molecule has 5 heavy (non-hydrogen) atoms. The number of nitrogens with zero attached hydrogens (tertiary/aromatic N) is 1. The molecule has 0 saturated heterocycles. The van der Waals surface area contributed by atoms with Crippen LogP contribution in [0, 0.1) is 0 Å². The largest absolute Gasteiger partial charge is 0.259 e. The minimum atomic E-state index is 0.903. The summed E-state index contributed by atoms with van der Waals surface area (Å²) in [4.78, 5) is 3.65. The van der Waals surface area contributed by atoms with Crippen molar-refractivity contribution in [2.75, 3.05) is 0 Å². The van der Waals surface area contributed by atoms with Crippen LogP contribution in [0.3, 0.4) is 0 Å². The van der Waals surface area contributed by atoms with Gasteiger partial charge in [-0.2, -0.15) is 0 Å². The third kappa shape index (κ3) is 0.349. The second-order valence-corrected chi connectivity index (χ2v) is 0.876. The zero-order chi connectivity index (χ0) is 3.54. The summed E-state index contributed by atoms with van der Waals surface area (Å²) in [7, 11) is 0. The van der Waals surface area contributed by atoms with Gasteiger partial charge in [0, 0.05) is 12.6 Å². The topological polar surface area (TPSA) is 12.4 Å². The normalized spacial score (nSPS) is 17.6. The van der Waals surface area contributed by atoms with Gasteiger partial charge in [-0.3, -0.25) is 4.99 Å². The predicted octanol–water partition coefficient (Wildman–Crippen LogP) is 0.852. The van der Waals surface area contributed by atoms with Gasteiger partial charge in [0.2, 0.25) is 0 Å². The molecule has 0 spiro atoms. The van der Waals surface area contributed by atoms with Crippen LogP contribution in [0.1, 0.15) is 6.42 Å². The third-order valence-corrected chi connectivity index (χ3v) is 0.480. The van der Waals surface area contributed by atoms with Gasteiger partial charge in [0.05, 0.1) is 6.21 Å². The summed E-state index contributed by atoms with van der Waals surface area (Å²) in [5.74, 6) is 0. The van der Waals surface area contributed by atoms with Gasteiger partial charge in [0.25, 0.3) is 0 Å². The maximum Gasteiger partial charge on any atom is 0.0659 e. The van der Waals surface area contributed by atoms with Crippen molar-refractivity contribution in [3.63, 3.8) is 0 Å². The average molecular weight is 66.1 g/mol. The summed E-state index contributed by atoms with van der Waals surface area (Å²) in [6, 6.07) is 0. The van der Waals surface area contributed by atoms with Crippen LogP contribution >= 0.6 is 0 Å². The van der Waals surface area contributed by atoms with Crippen molar-refractivity contribution in [3.05, 3.63) is 12.3 Å². The molecule has 25 valence electrons. The van der Waals surface area contributed by atoms with E-state index in [1.54, 1.807) is 6.20 Å². The van der Waals surface area contributed by atoms with E-state index in [0.29, 0.717) is 0 Å². The van der Waals surface area contributed by atoms with E-state index in [4.69, 9.17) is 0 Å². The molecule has 0 atom stereocenters. The van der Waals surface area contributed by atoms with Crippen LogP contribution in [0.15, 0.2) is 17.3 Å². The second kappa shape index (κ2) is 1.02. The van der Waals surface area contributed by atoms with Crippen LogP contribution in [0.2, 0.25) is 0 Å². The Kier molecular flexibility index (Phi) is 0.537. The van der Waals surface area contributed by atoms with Gasteiger partial charge in [-0.15, -0.1) is 0 Å². The van der Waals surface area contributed by atoms with Crippen LogP contribution in [0.5, 0.6) is 0 Å². The maximum atomic E-state index is 3.65. The molecule has 1 aliphatic heterocycles. The predicted molar refractivity (Wildman–Crippen MR) is 21.2 cm³/mol. The Morgan fingerprint density at radius 1 is 1.80 bits per heavy atom. The summed E-state index contributed by atoms with van der Waals surface area (Å²) in [6.07, 6.45) is 7.35. The standard InChI is InChI=1S/C4H4N/c1-2-4-5-3-1/h1,3H,2H2. The smallest absolute Gasteiger partial charge is 0.0659 e. The minimum Gasteiger partial charge on any atom is -0.259 e. The quantitative estimate of drug-likeness (QED) is 0.397. The fourth-order valence-corrected chi connectivity index (χ4v) is 0.264. The maximum absolute atomic E-state index is 3.65. The molecule has 0 N–H and O–H groups in total. The highest BCUT2D eigenvalue weighted by molar-refractivity contribution is 5.62. The molecule has 0 fully saturated rings. The van der Waals surface area contributed by atoms with Gasteiger partial charge in [0.1, 0.15) is 0 Å². The van der Waals surface area contributed by atoms with E-state index in [0.717, 1.165) is 6.42 Å². The monoisotopic (exact) mass is 66.0 g/mol. The second-order valence-electron chi connectivity index (χ2n) is 0.876. The Hall–Kier alpha value is -0.590. The van der Waals surface area contributed by atoms with Crippen molar-refractivity contribution in [2.45, 2.75) is 6.42 Å². The lowest BCUT2D eigenvalue weighted by Crippen LogP contribution is -1.51. The van der Waals surface area contributed by atoms with E-state index in [-0.39, 0.29) is 0 Å². The number of rotatable bonds is 0. The number of allylic oxidation sites excluding steroid dienone is 1. The number of hydrogen-bond donors (Lipinski definition) is 0. The number of hydrogen-bond acceptors (Lipinski definition) is 1. The molecule has 0 saturated carbocycles. The molecule has 0 unspecified atom stereocenters. The van der Waals surface area contributed by atoms with Crippen molar-refractivity contribution in [1.82, 2.24) is 0 Å². The molecule has 1 rings (SSSR count). The molecule has 1 heteroatoms. The van der Waals surface area contributed by atoms with Gasteiger partial charge in [-0.25, -0.2) is 0 Å². The third-order valence-electron chi connectivity index (χ3n) is 0.480. The lowest BCUT2D eigenvalue weighted by atomic mass is 10.5. The van der Waals surface area contributed by atoms with E-state index in [1.165, 1.54) is 0 Å². The summed E-state index contributed by atoms with van der Waals surface area (Å²) in [6.45, 7) is 0. The van der Waals surface area contributed by atoms with Crippen LogP contribution in [0.4, 0.5) is 0 Å². The molecule has 1 aliphatic rings. The first-order valence-electron chi connectivity index (χ1n) is 1.58. The van der Waals surface area contributed by atoms with E-state index in [2.05, 4.69) is 11.2 Å². The Labute approximate surface area is 31.0 Å². The molecule has 0 amide bonds. The molecule has 1 nitrogen and oxygen atoms in total. The first-order valence-corrected chi connectivity index (χ1v) is 1.58. The van der Waals surface area contributed by atoms with Crippen LogP contribution in [0.25, 0.3) is 0 Å². The van der Waals surface area contributed by atoms with Gasteiger partial charge in [0.15, 0.2) is 0 Å². The van der Waals surface area contributed by atoms with E-state index >= 15 is 0 Å². The van der Waals surface area contributed by atoms with Crippen LogP contribution in [-0.4, -0.2) is 6.21 Å². The van der Waals surface area contributed by atoms with Crippen LogP contribution in [-0.2, 0) is 0 Å². The minimum absolute atomic E-state index is 0.903. The summed E-state index contributed by atoms with van der Waals surface area (Å²) < 4.78 is 0. The first kappa shape index (κ1) is 2.64. The lowest BCUT2D eigenvalue weighted by molar-refractivity contribution is 1.60. The highest BCUT2D eigenvalue weighted by Crippen LogP contribution is 1.86. The van der Waals surface area contributed by atoms with Crippen molar-refractivity contribution >= 4 is 6.21 Å². The zero-order valence-electron chi connectivity index (χ0n) is 2.81. The van der Waals surface area contributed by atoms with Crippen molar-refractivity contribution in [1.29, 1.82) is 0 Å². The Morgan fingerprint density at radius 3 is 3.00 bits per heavy atom. The zero-order valence-corrected chi connectivity index (χ0v) is 2.81. The average Bonchev–Trinajstić information content (AvgIpc) is 1.76. The Balaban J connectivity index is 2.61. The first-order chi connectivity index (χ1) is 2.50. The number of aliphatic imine (C=N–C) groups is 1. The molecule has 0 aromatic carbocycles. The van der Waals surface area contributed by atoms with Gasteiger partial charge in [-0.1, -0.05) is 6.08 Å². The fraction of sp³-hybridized carbons (Fsp3) is 0.250. The Bertz CT molecular complexity index is 61.7. The Morgan fingerprint density at radius 2 is 2.80 bits per heavy atom. The fourth-order valence-electron chi connectivity index (χ4n) is 0.264. The molecular weight excluding hydrogens is 62.1 g/mol. The van der Waals surface area contributed by atoms with Crippen molar-refractivity contribution in [3.8, 4) is 0 Å². The van der Waals surface area contributed by atoms with E-state index in [1.807, 2.05) is 6.08 Å². The molecule has 1 heterocycles. The highest BCUT2D eigenvalue weighted by Gasteiger charge is 1.75. The molecule has 0 bridgehead atoms. The van der Waals surface area contributed by atoms with Gasteiger partial charge < -0.3 is 0 Å². The highest BCUT2D eigenvalue weighted by atomic mass is 14.7. The van der Waals surface area contributed by atoms with Crippen molar-refractivity contribution < 1.29 is 0 Å². The van der Waals surface area contributed by atoms with Gasteiger partial charge >= 0.3 is 0 Å². The molecule has 1 radical (unpaired) electrons. The van der Waals surface area contributed by atoms with Crippen molar-refractivity contribution in [2.24, 2.45) is 4.99 Å². The molecule has 0 aliphatic carbocycles. The molecule has 0 aromatic heterocycles. The SMILES string of the molecule is [C]1=NC=CC1. The summed E-state index contributed by atoms with van der Waals surface area (Å²) in [5, 5.41) is 0. The molecular formula is C4H4N. The molecule has 0 aromatic rings. The lowest BCUT2D eigenvalue weighted by Gasteiger charge is -1.52. The van der Waals surface area contributed by atoms with E-state index < -0.39 is 0 Å². The van der Waals surface area contributed by atoms with E-state index in [9.17, 15) is 0 Å². The van der Waals surface area contributed by atoms with Gasteiger partial charge in [-0.05, 0) is 0 Å².